The van der Waals surface area contributed by atoms with Gasteiger partial charge in [0.15, 0.2) is 0 Å². The molecule has 1 heterocycles. The summed E-state index contributed by atoms with van der Waals surface area (Å²) in [6.07, 6.45) is 5.17. The molecule has 2 fully saturated rings. The highest BCUT2D eigenvalue weighted by Crippen LogP contribution is 2.68. The first-order valence-corrected chi connectivity index (χ1v) is 10.2. The standard InChI is InChI=1S/C22H34N2O2.ClH/c1-17(2)9-15-26-19-7-5-4-6-18(19)8-12-24-20(25)21(3)16-22(21)10-13-23-14-11-22;/h4-7,17,23H,8-16H2,1-3H3,(H,24,25);1H. The molecule has 1 saturated heterocycles. The van der Waals surface area contributed by atoms with Crippen molar-refractivity contribution in [3.8, 4) is 5.75 Å². The van der Waals surface area contributed by atoms with Crippen LogP contribution in [0, 0.1) is 16.7 Å². The zero-order valence-electron chi connectivity index (χ0n) is 17.0. The minimum atomic E-state index is -0.164. The highest BCUT2D eigenvalue weighted by molar-refractivity contribution is 5.86. The van der Waals surface area contributed by atoms with Crippen LogP contribution >= 0.6 is 12.4 Å². The number of amides is 1. The Labute approximate surface area is 170 Å². The molecule has 1 unspecified atom stereocenters. The topological polar surface area (TPSA) is 50.4 Å². The van der Waals surface area contributed by atoms with Crippen LogP contribution in [0.5, 0.6) is 5.75 Å². The molecule has 2 aliphatic rings. The zero-order valence-corrected chi connectivity index (χ0v) is 17.8. The molecular formula is C22H35ClN2O2. The maximum Gasteiger partial charge on any atom is 0.226 e. The molecule has 2 N–H and O–H groups in total. The molecule has 1 aliphatic heterocycles. The zero-order chi connectivity index (χ0) is 18.6. The summed E-state index contributed by atoms with van der Waals surface area (Å²) in [5.41, 5.74) is 1.26. The number of carbonyl (C=O) groups excluding carboxylic acids is 1. The number of piperidine rings is 1. The minimum absolute atomic E-state index is 0. The van der Waals surface area contributed by atoms with Gasteiger partial charge in [-0.2, -0.15) is 0 Å². The van der Waals surface area contributed by atoms with Crippen LogP contribution in [-0.2, 0) is 11.2 Å². The minimum Gasteiger partial charge on any atom is -0.493 e. The third kappa shape index (κ3) is 4.97. The molecule has 27 heavy (non-hydrogen) atoms. The Morgan fingerprint density at radius 3 is 2.67 bits per heavy atom. The number of carbonyl (C=O) groups is 1. The number of hydrogen-bond acceptors (Lipinski definition) is 3. The Bertz CT molecular complexity index is 628. The van der Waals surface area contributed by atoms with Crippen LogP contribution in [0.15, 0.2) is 24.3 Å². The van der Waals surface area contributed by atoms with Crippen molar-refractivity contribution in [2.24, 2.45) is 16.7 Å². The van der Waals surface area contributed by atoms with Crippen molar-refractivity contribution in [3.63, 3.8) is 0 Å². The van der Waals surface area contributed by atoms with E-state index in [-0.39, 0.29) is 29.1 Å². The Hall–Kier alpha value is -1.26. The lowest BCUT2D eigenvalue weighted by molar-refractivity contribution is -0.127. The summed E-state index contributed by atoms with van der Waals surface area (Å²) in [5, 5.41) is 6.60. The molecule has 152 valence electrons. The molecule has 3 rings (SSSR count). The predicted octanol–water partition coefficient (Wildman–Crippen LogP) is 3.97. The van der Waals surface area contributed by atoms with E-state index in [0.717, 1.165) is 57.6 Å². The summed E-state index contributed by atoms with van der Waals surface area (Å²) >= 11 is 0. The van der Waals surface area contributed by atoms with E-state index in [2.05, 4.69) is 37.5 Å². The SMILES string of the molecule is CC(C)CCOc1ccccc1CCNC(=O)C1(C)CC12CCNCC2.Cl. The molecule has 1 amide bonds. The summed E-state index contributed by atoms with van der Waals surface area (Å²) in [5.74, 6) is 1.83. The van der Waals surface area contributed by atoms with E-state index in [1.54, 1.807) is 0 Å². The van der Waals surface area contributed by atoms with E-state index in [4.69, 9.17) is 4.74 Å². The van der Waals surface area contributed by atoms with Crippen molar-refractivity contribution in [2.45, 2.75) is 52.9 Å². The van der Waals surface area contributed by atoms with E-state index in [1.807, 2.05) is 18.2 Å². The van der Waals surface area contributed by atoms with Gasteiger partial charge in [-0.1, -0.05) is 39.0 Å². The van der Waals surface area contributed by atoms with Crippen LogP contribution in [0.25, 0.3) is 0 Å². The lowest BCUT2D eigenvalue weighted by atomic mass is 9.85. The summed E-state index contributed by atoms with van der Waals surface area (Å²) in [6.45, 7) is 10.1. The maximum atomic E-state index is 12.8. The van der Waals surface area contributed by atoms with Gasteiger partial charge in [-0.25, -0.2) is 0 Å². The van der Waals surface area contributed by atoms with Crippen molar-refractivity contribution in [3.05, 3.63) is 29.8 Å². The van der Waals surface area contributed by atoms with Crippen LogP contribution in [0.2, 0.25) is 0 Å². The van der Waals surface area contributed by atoms with Gasteiger partial charge in [-0.3, -0.25) is 4.79 Å². The molecule has 1 atom stereocenters. The largest absolute Gasteiger partial charge is 0.493 e. The molecule has 1 saturated carbocycles. The fourth-order valence-corrected chi connectivity index (χ4v) is 4.35. The monoisotopic (exact) mass is 394 g/mol. The smallest absolute Gasteiger partial charge is 0.226 e. The van der Waals surface area contributed by atoms with E-state index < -0.39 is 0 Å². The maximum absolute atomic E-state index is 12.8. The van der Waals surface area contributed by atoms with Gasteiger partial charge in [0.2, 0.25) is 5.91 Å². The molecule has 0 bridgehead atoms. The second kappa shape index (κ2) is 9.29. The molecule has 1 aliphatic carbocycles. The van der Waals surface area contributed by atoms with Crippen molar-refractivity contribution < 1.29 is 9.53 Å². The number of hydrogen-bond donors (Lipinski definition) is 2. The number of halogens is 1. The van der Waals surface area contributed by atoms with E-state index >= 15 is 0 Å². The highest BCUT2D eigenvalue weighted by atomic mass is 35.5. The second-order valence-corrected chi connectivity index (χ2v) is 8.68. The van der Waals surface area contributed by atoms with Crippen LogP contribution in [0.3, 0.4) is 0 Å². The summed E-state index contributed by atoms with van der Waals surface area (Å²) < 4.78 is 5.96. The summed E-state index contributed by atoms with van der Waals surface area (Å²) in [6, 6.07) is 8.19. The Morgan fingerprint density at radius 2 is 1.96 bits per heavy atom. The second-order valence-electron chi connectivity index (χ2n) is 8.68. The normalized spacial score (nSPS) is 23.0. The molecule has 1 spiro atoms. The van der Waals surface area contributed by atoms with Gasteiger partial charge in [-0.05, 0) is 68.2 Å². The fourth-order valence-electron chi connectivity index (χ4n) is 4.35. The fraction of sp³-hybridized carbons (Fsp3) is 0.682. The first-order valence-electron chi connectivity index (χ1n) is 10.2. The number of benzene rings is 1. The van der Waals surface area contributed by atoms with Crippen molar-refractivity contribution in [1.29, 1.82) is 0 Å². The van der Waals surface area contributed by atoms with Crippen molar-refractivity contribution in [2.75, 3.05) is 26.2 Å². The first-order chi connectivity index (χ1) is 12.5. The molecule has 0 aromatic heterocycles. The summed E-state index contributed by atoms with van der Waals surface area (Å²) in [7, 11) is 0. The van der Waals surface area contributed by atoms with Gasteiger partial charge < -0.3 is 15.4 Å². The molecule has 1 aromatic carbocycles. The number of ether oxygens (including phenoxy) is 1. The van der Waals surface area contributed by atoms with E-state index in [9.17, 15) is 4.79 Å². The van der Waals surface area contributed by atoms with Crippen molar-refractivity contribution >= 4 is 18.3 Å². The number of para-hydroxylation sites is 1. The molecule has 5 heteroatoms. The van der Waals surface area contributed by atoms with Gasteiger partial charge in [-0.15, -0.1) is 12.4 Å². The van der Waals surface area contributed by atoms with Crippen LogP contribution in [0.4, 0.5) is 0 Å². The lowest BCUT2D eigenvalue weighted by Gasteiger charge is -2.27. The third-order valence-electron chi connectivity index (χ3n) is 6.40. The lowest BCUT2D eigenvalue weighted by Crippen LogP contribution is -2.39. The Morgan fingerprint density at radius 1 is 1.26 bits per heavy atom. The number of rotatable bonds is 8. The van der Waals surface area contributed by atoms with Crippen molar-refractivity contribution in [1.82, 2.24) is 10.6 Å². The van der Waals surface area contributed by atoms with Gasteiger partial charge in [0, 0.05) is 6.54 Å². The average molecular weight is 395 g/mol. The van der Waals surface area contributed by atoms with E-state index in [0.29, 0.717) is 12.5 Å². The first kappa shape index (κ1) is 22.0. The molecule has 0 radical (unpaired) electrons. The van der Waals surface area contributed by atoms with Gasteiger partial charge in [0.25, 0.3) is 0 Å². The average Bonchev–Trinajstić information content (AvgIpc) is 3.20. The van der Waals surface area contributed by atoms with Gasteiger partial charge >= 0.3 is 0 Å². The molecule has 4 nitrogen and oxygen atoms in total. The van der Waals surface area contributed by atoms with E-state index in [1.165, 1.54) is 5.56 Å². The Kier molecular flexibility index (Phi) is 7.58. The predicted molar refractivity (Wildman–Crippen MR) is 113 cm³/mol. The highest BCUT2D eigenvalue weighted by Gasteiger charge is 2.67. The van der Waals surface area contributed by atoms with Crippen LogP contribution in [-0.4, -0.2) is 32.1 Å². The number of nitrogens with one attached hydrogen (secondary N) is 2. The quantitative estimate of drug-likeness (QED) is 0.701. The van der Waals surface area contributed by atoms with Gasteiger partial charge in [0.1, 0.15) is 5.75 Å². The Balaban J connectivity index is 0.00000261. The third-order valence-corrected chi connectivity index (χ3v) is 6.40. The molecular weight excluding hydrogens is 360 g/mol. The van der Waals surface area contributed by atoms with Gasteiger partial charge in [0.05, 0.1) is 12.0 Å². The molecule has 1 aromatic rings. The van der Waals surface area contributed by atoms with Crippen LogP contribution < -0.4 is 15.4 Å². The summed E-state index contributed by atoms with van der Waals surface area (Å²) in [4.78, 5) is 12.8. The van der Waals surface area contributed by atoms with Crippen LogP contribution in [0.1, 0.15) is 52.0 Å².